The van der Waals surface area contributed by atoms with Crippen molar-refractivity contribution in [3.05, 3.63) is 34.1 Å². The third kappa shape index (κ3) is 4.75. The average Bonchev–Trinajstić information content (AvgIpc) is 2.57. The summed E-state index contributed by atoms with van der Waals surface area (Å²) in [6.45, 7) is 3.62. The first kappa shape index (κ1) is 20.2. The summed E-state index contributed by atoms with van der Waals surface area (Å²) in [6.07, 6.45) is -0.821. The Morgan fingerprint density at radius 2 is 2.04 bits per heavy atom. The van der Waals surface area contributed by atoms with E-state index >= 15 is 0 Å². The first-order valence-corrected chi connectivity index (χ1v) is 8.20. The highest BCUT2D eigenvalue weighted by Crippen LogP contribution is 2.29. The van der Waals surface area contributed by atoms with Crippen LogP contribution in [0.4, 0.5) is 9.18 Å². The number of benzene rings is 1. The number of nitrogens with two attached hydrogens (primary N) is 1. The van der Waals surface area contributed by atoms with Crippen molar-refractivity contribution in [1.82, 2.24) is 5.32 Å². The summed E-state index contributed by atoms with van der Waals surface area (Å²) in [5.41, 5.74) is 4.77. The maximum Gasteiger partial charge on any atom is 0.405 e. The van der Waals surface area contributed by atoms with E-state index in [9.17, 15) is 9.18 Å². The van der Waals surface area contributed by atoms with E-state index in [2.05, 4.69) is 10.5 Å². The molecule has 144 valence electrons. The van der Waals surface area contributed by atoms with Crippen molar-refractivity contribution in [1.29, 1.82) is 0 Å². The van der Waals surface area contributed by atoms with Gasteiger partial charge in [0.15, 0.2) is 11.6 Å². The van der Waals surface area contributed by atoms with Gasteiger partial charge in [0.05, 0.1) is 23.8 Å². The fourth-order valence-corrected chi connectivity index (χ4v) is 2.90. The molecule has 0 atom stereocenters. The lowest BCUT2D eigenvalue weighted by molar-refractivity contribution is -0.271. The molecule has 1 fully saturated rings. The van der Waals surface area contributed by atoms with Crippen molar-refractivity contribution in [2.24, 2.45) is 10.9 Å². The molecule has 1 saturated heterocycles. The maximum absolute atomic E-state index is 14.3. The largest absolute Gasteiger partial charge is 0.465 e. The van der Waals surface area contributed by atoms with E-state index in [1.165, 1.54) is 6.07 Å². The maximum atomic E-state index is 14.3. The van der Waals surface area contributed by atoms with Crippen molar-refractivity contribution in [3.63, 3.8) is 0 Å². The number of nitrogens with zero attached hydrogens (tertiary/aromatic N) is 1. The molecule has 10 heteroatoms. The standard InChI is InChI=1S/C16H21ClFN3O5/c1-15(2)25-7-16(8-26-15,20-14(22)23)4-3-9-5-11(17)10(6-12(9)18)13(19)21-24/h5-6,20,24H,3-4,7-8H2,1-2H3,(H2,19,21)(H,22,23). The monoisotopic (exact) mass is 389 g/mol. The molecule has 2 rings (SSSR count). The van der Waals surface area contributed by atoms with E-state index in [-0.39, 0.29) is 48.0 Å². The smallest absolute Gasteiger partial charge is 0.405 e. The highest BCUT2D eigenvalue weighted by atomic mass is 35.5. The van der Waals surface area contributed by atoms with Gasteiger partial charge in [-0.15, -0.1) is 0 Å². The Hall–Kier alpha value is -2.10. The van der Waals surface area contributed by atoms with E-state index in [1.54, 1.807) is 13.8 Å². The van der Waals surface area contributed by atoms with Gasteiger partial charge in [0.25, 0.3) is 0 Å². The van der Waals surface area contributed by atoms with Gasteiger partial charge >= 0.3 is 6.09 Å². The number of ether oxygens (including phenoxy) is 2. The number of hydrogen-bond acceptors (Lipinski definition) is 5. The zero-order chi connectivity index (χ0) is 19.5. The lowest BCUT2D eigenvalue weighted by Gasteiger charge is -2.43. The molecule has 0 aliphatic carbocycles. The second-order valence-electron chi connectivity index (χ2n) is 6.60. The van der Waals surface area contributed by atoms with Gasteiger partial charge in [-0.2, -0.15) is 0 Å². The van der Waals surface area contributed by atoms with Crippen LogP contribution in [0.25, 0.3) is 0 Å². The van der Waals surface area contributed by atoms with E-state index in [0.717, 1.165) is 6.07 Å². The third-order valence-corrected chi connectivity index (χ3v) is 4.47. The first-order chi connectivity index (χ1) is 12.1. The first-order valence-electron chi connectivity index (χ1n) is 7.82. The van der Waals surface area contributed by atoms with Crippen LogP contribution in [0.3, 0.4) is 0 Å². The highest BCUT2D eigenvalue weighted by Gasteiger charge is 2.41. The molecule has 0 aromatic heterocycles. The number of oxime groups is 1. The van der Waals surface area contributed by atoms with Gasteiger partial charge < -0.3 is 30.8 Å². The molecule has 26 heavy (non-hydrogen) atoms. The molecule has 5 N–H and O–H groups in total. The van der Waals surface area contributed by atoms with Gasteiger partial charge in [0.2, 0.25) is 0 Å². The predicted molar refractivity (Wildman–Crippen MR) is 92.1 cm³/mol. The Kier molecular flexibility index (Phi) is 5.94. The molecule has 1 aromatic carbocycles. The molecule has 8 nitrogen and oxygen atoms in total. The second-order valence-corrected chi connectivity index (χ2v) is 7.00. The second kappa shape index (κ2) is 7.65. The van der Waals surface area contributed by atoms with E-state index in [1.807, 2.05) is 0 Å². The normalized spacial score (nSPS) is 19.2. The number of amides is 1. The Morgan fingerprint density at radius 3 is 2.58 bits per heavy atom. The Labute approximate surface area is 154 Å². The Morgan fingerprint density at radius 1 is 1.42 bits per heavy atom. The topological polar surface area (TPSA) is 126 Å². The Bertz CT molecular complexity index is 716. The summed E-state index contributed by atoms with van der Waals surface area (Å²) < 4.78 is 25.5. The molecule has 0 radical (unpaired) electrons. The summed E-state index contributed by atoms with van der Waals surface area (Å²) in [4.78, 5) is 11.2. The van der Waals surface area contributed by atoms with Crippen molar-refractivity contribution < 1.29 is 29.0 Å². The zero-order valence-corrected chi connectivity index (χ0v) is 15.1. The SMILES string of the molecule is CC1(C)OCC(CCc2cc(Cl)c(C(N)=NO)cc2F)(NC(=O)O)CO1. The molecular formula is C16H21ClFN3O5. The van der Waals surface area contributed by atoms with Crippen LogP contribution in [0, 0.1) is 5.82 Å². The summed E-state index contributed by atoms with van der Waals surface area (Å²) in [5.74, 6) is -1.72. The molecule has 0 spiro atoms. The minimum atomic E-state index is -1.22. The van der Waals surface area contributed by atoms with Crippen LogP contribution >= 0.6 is 11.6 Å². The van der Waals surface area contributed by atoms with Crippen LogP contribution in [-0.2, 0) is 15.9 Å². The molecule has 0 saturated carbocycles. The lowest BCUT2D eigenvalue weighted by atomic mass is 9.91. The number of nitrogens with one attached hydrogen (secondary N) is 1. The number of aryl methyl sites for hydroxylation is 1. The van der Waals surface area contributed by atoms with Crippen LogP contribution in [0.1, 0.15) is 31.4 Å². The Balaban J connectivity index is 2.19. The lowest BCUT2D eigenvalue weighted by Crippen LogP contribution is -2.61. The van der Waals surface area contributed by atoms with Crippen LogP contribution in [0.2, 0.25) is 5.02 Å². The quantitative estimate of drug-likeness (QED) is 0.265. The minimum Gasteiger partial charge on any atom is -0.465 e. The molecule has 1 amide bonds. The predicted octanol–water partition coefficient (Wildman–Crippen LogP) is 2.30. The van der Waals surface area contributed by atoms with Gasteiger partial charge in [0.1, 0.15) is 5.82 Å². The number of hydrogen-bond donors (Lipinski definition) is 4. The molecule has 0 bridgehead atoms. The molecule has 1 aromatic rings. The molecule has 1 heterocycles. The summed E-state index contributed by atoms with van der Waals surface area (Å²) >= 11 is 6.06. The number of amidine groups is 1. The van der Waals surface area contributed by atoms with Gasteiger partial charge in [-0.3, -0.25) is 0 Å². The van der Waals surface area contributed by atoms with Crippen molar-refractivity contribution in [2.45, 2.75) is 38.0 Å². The molecule has 1 aliphatic heterocycles. The van der Waals surface area contributed by atoms with Gasteiger partial charge in [-0.1, -0.05) is 16.8 Å². The average molecular weight is 390 g/mol. The van der Waals surface area contributed by atoms with Gasteiger partial charge in [-0.05, 0) is 44.4 Å². The summed E-state index contributed by atoms with van der Waals surface area (Å²) in [7, 11) is 0. The van der Waals surface area contributed by atoms with Gasteiger partial charge in [0, 0.05) is 5.56 Å². The third-order valence-electron chi connectivity index (χ3n) is 4.16. The van der Waals surface area contributed by atoms with Crippen LogP contribution < -0.4 is 11.1 Å². The number of rotatable bonds is 5. The van der Waals surface area contributed by atoms with E-state index < -0.39 is 23.2 Å². The number of carbonyl (C=O) groups is 1. The zero-order valence-electron chi connectivity index (χ0n) is 14.4. The minimum absolute atomic E-state index is 0.0693. The van der Waals surface area contributed by atoms with E-state index in [0.29, 0.717) is 0 Å². The molecule has 0 unspecified atom stereocenters. The molecule has 1 aliphatic rings. The van der Waals surface area contributed by atoms with Crippen LogP contribution in [0.15, 0.2) is 17.3 Å². The van der Waals surface area contributed by atoms with Crippen molar-refractivity contribution in [2.75, 3.05) is 13.2 Å². The van der Waals surface area contributed by atoms with Gasteiger partial charge in [-0.25, -0.2) is 9.18 Å². The molecular weight excluding hydrogens is 369 g/mol. The fourth-order valence-electron chi connectivity index (χ4n) is 2.62. The van der Waals surface area contributed by atoms with Crippen LogP contribution in [-0.4, -0.2) is 46.8 Å². The van der Waals surface area contributed by atoms with Crippen LogP contribution in [0.5, 0.6) is 0 Å². The number of carboxylic acid groups (broad SMARTS) is 1. The highest BCUT2D eigenvalue weighted by molar-refractivity contribution is 6.34. The number of halogens is 2. The summed E-state index contributed by atoms with van der Waals surface area (Å²) in [6, 6.07) is 2.44. The summed E-state index contributed by atoms with van der Waals surface area (Å²) in [5, 5.41) is 23.1. The van der Waals surface area contributed by atoms with E-state index in [4.69, 9.17) is 37.1 Å². The van der Waals surface area contributed by atoms with Crippen molar-refractivity contribution >= 4 is 23.5 Å². The fraction of sp³-hybridized carbons (Fsp3) is 0.500. The van der Waals surface area contributed by atoms with Crippen molar-refractivity contribution in [3.8, 4) is 0 Å².